The normalized spacial score (nSPS) is 11.0. The van der Waals surface area contributed by atoms with Gasteiger partial charge in [-0.25, -0.2) is 4.98 Å². The van der Waals surface area contributed by atoms with Crippen LogP contribution in [0, 0.1) is 13.8 Å². The van der Waals surface area contributed by atoms with Crippen LogP contribution in [-0.2, 0) is 6.54 Å². The van der Waals surface area contributed by atoms with Gasteiger partial charge in [-0.15, -0.1) is 0 Å². The lowest BCUT2D eigenvalue weighted by Crippen LogP contribution is -2.23. The molecule has 3 heterocycles. The van der Waals surface area contributed by atoms with E-state index in [1.807, 2.05) is 42.6 Å². The van der Waals surface area contributed by atoms with Crippen LogP contribution in [0.15, 0.2) is 39.5 Å². The molecule has 0 bridgehead atoms. The summed E-state index contributed by atoms with van der Waals surface area (Å²) >= 11 is 3.22. The Bertz CT molecular complexity index is 820. The molecule has 0 fully saturated rings. The van der Waals surface area contributed by atoms with Crippen LogP contribution in [0.2, 0.25) is 0 Å². The molecule has 0 aliphatic rings. The molecular formula is C15H14BrN3O2. The van der Waals surface area contributed by atoms with E-state index in [1.54, 1.807) is 6.07 Å². The molecular weight excluding hydrogens is 334 g/mol. The largest absolute Gasteiger partial charge is 0.444 e. The predicted octanol–water partition coefficient (Wildman–Crippen LogP) is 3.24. The van der Waals surface area contributed by atoms with Crippen molar-refractivity contribution in [2.75, 3.05) is 0 Å². The fraction of sp³-hybridized carbons (Fsp3) is 0.200. The van der Waals surface area contributed by atoms with Gasteiger partial charge < -0.3 is 14.1 Å². The summed E-state index contributed by atoms with van der Waals surface area (Å²) in [7, 11) is 0. The number of halogens is 1. The first-order valence-corrected chi connectivity index (χ1v) is 7.31. The van der Waals surface area contributed by atoms with Crippen LogP contribution in [0.1, 0.15) is 27.5 Å². The van der Waals surface area contributed by atoms with Crippen molar-refractivity contribution in [3.63, 3.8) is 0 Å². The van der Waals surface area contributed by atoms with E-state index in [4.69, 9.17) is 4.42 Å². The minimum atomic E-state index is -0.244. The highest BCUT2D eigenvalue weighted by molar-refractivity contribution is 9.10. The zero-order chi connectivity index (χ0) is 15.0. The third-order valence-electron chi connectivity index (χ3n) is 3.27. The smallest absolute Gasteiger partial charge is 0.287 e. The highest BCUT2D eigenvalue weighted by Gasteiger charge is 2.15. The molecule has 5 nitrogen and oxygen atoms in total. The molecule has 0 aromatic carbocycles. The molecule has 1 N–H and O–H groups in total. The highest BCUT2D eigenvalue weighted by atomic mass is 79.9. The van der Waals surface area contributed by atoms with Crippen molar-refractivity contribution in [1.82, 2.24) is 14.7 Å². The van der Waals surface area contributed by atoms with E-state index in [1.165, 1.54) is 0 Å². The van der Waals surface area contributed by atoms with Gasteiger partial charge in [0.2, 0.25) is 0 Å². The first-order valence-electron chi connectivity index (χ1n) is 6.52. The number of fused-ring (bicyclic) bond motifs is 1. The van der Waals surface area contributed by atoms with Gasteiger partial charge in [0.1, 0.15) is 5.65 Å². The fourth-order valence-corrected chi connectivity index (χ4v) is 2.71. The molecule has 3 aromatic heterocycles. The minimum Gasteiger partial charge on any atom is -0.444 e. The van der Waals surface area contributed by atoms with Crippen LogP contribution in [0.5, 0.6) is 0 Å². The molecule has 6 heteroatoms. The van der Waals surface area contributed by atoms with Crippen molar-refractivity contribution in [3.05, 3.63) is 57.8 Å². The quantitative estimate of drug-likeness (QED) is 0.791. The van der Waals surface area contributed by atoms with Crippen molar-refractivity contribution in [2.24, 2.45) is 0 Å². The van der Waals surface area contributed by atoms with Crippen molar-refractivity contribution >= 4 is 27.5 Å². The number of amides is 1. The molecule has 3 aromatic rings. The molecule has 1 amide bonds. The Hall–Kier alpha value is -2.08. The number of imidazole rings is 1. The Kier molecular flexibility index (Phi) is 3.55. The molecule has 0 saturated carbocycles. The monoisotopic (exact) mass is 347 g/mol. The molecule has 0 aliphatic carbocycles. The number of hydrogen-bond donors (Lipinski definition) is 1. The van der Waals surface area contributed by atoms with Gasteiger partial charge in [-0.3, -0.25) is 4.79 Å². The first-order chi connectivity index (χ1) is 10.0. The van der Waals surface area contributed by atoms with E-state index in [0.29, 0.717) is 17.0 Å². The Balaban J connectivity index is 1.76. The van der Waals surface area contributed by atoms with Gasteiger partial charge in [0.15, 0.2) is 10.4 Å². The third-order valence-corrected chi connectivity index (χ3v) is 3.66. The van der Waals surface area contributed by atoms with Crippen LogP contribution in [0.3, 0.4) is 0 Å². The van der Waals surface area contributed by atoms with Crippen molar-refractivity contribution < 1.29 is 9.21 Å². The number of aromatic nitrogens is 2. The van der Waals surface area contributed by atoms with Crippen LogP contribution in [0.4, 0.5) is 0 Å². The predicted molar refractivity (Wildman–Crippen MR) is 82.2 cm³/mol. The highest BCUT2D eigenvalue weighted by Crippen LogP contribution is 2.19. The van der Waals surface area contributed by atoms with E-state index in [2.05, 4.69) is 26.2 Å². The molecule has 0 radical (unpaired) electrons. The SMILES string of the molecule is Cc1cc(Br)oc1C(=O)NCc1cn2c(C)cccc2n1. The van der Waals surface area contributed by atoms with Crippen molar-refractivity contribution in [1.29, 1.82) is 0 Å². The van der Waals surface area contributed by atoms with Gasteiger partial charge in [0.05, 0.1) is 12.2 Å². The van der Waals surface area contributed by atoms with Gasteiger partial charge in [0.25, 0.3) is 5.91 Å². The fourth-order valence-electron chi connectivity index (χ4n) is 2.20. The molecule has 0 aliphatic heterocycles. The second kappa shape index (κ2) is 5.37. The number of nitrogens with one attached hydrogen (secondary N) is 1. The molecule has 0 unspecified atom stereocenters. The third kappa shape index (κ3) is 2.71. The number of rotatable bonds is 3. The minimum absolute atomic E-state index is 0.244. The van der Waals surface area contributed by atoms with E-state index >= 15 is 0 Å². The summed E-state index contributed by atoms with van der Waals surface area (Å²) in [6, 6.07) is 7.68. The summed E-state index contributed by atoms with van der Waals surface area (Å²) in [6.07, 6.45) is 1.93. The standard InChI is InChI=1S/C15H14BrN3O2/c1-9-6-12(16)21-14(9)15(20)17-7-11-8-19-10(2)4-3-5-13(19)18-11/h3-6,8H,7H2,1-2H3,(H,17,20). The summed E-state index contributed by atoms with van der Waals surface area (Å²) in [5.41, 5.74) is 3.57. The van der Waals surface area contributed by atoms with Crippen molar-refractivity contribution in [2.45, 2.75) is 20.4 Å². The van der Waals surface area contributed by atoms with E-state index in [-0.39, 0.29) is 5.91 Å². The number of nitrogens with zero attached hydrogens (tertiary/aromatic N) is 2. The lowest BCUT2D eigenvalue weighted by atomic mass is 10.2. The second-order valence-electron chi connectivity index (χ2n) is 4.87. The van der Waals surface area contributed by atoms with Gasteiger partial charge in [-0.2, -0.15) is 0 Å². The van der Waals surface area contributed by atoms with E-state index < -0.39 is 0 Å². The van der Waals surface area contributed by atoms with Crippen molar-refractivity contribution in [3.8, 4) is 0 Å². The number of hydrogen-bond acceptors (Lipinski definition) is 3. The topological polar surface area (TPSA) is 59.5 Å². The molecule has 0 saturated heterocycles. The molecule has 108 valence electrons. The molecule has 0 atom stereocenters. The average molecular weight is 348 g/mol. The molecule has 0 spiro atoms. The summed E-state index contributed by atoms with van der Waals surface area (Å²) in [5.74, 6) is 0.0776. The molecule has 3 rings (SSSR count). The Labute approximate surface area is 130 Å². The number of aryl methyl sites for hydroxylation is 2. The maximum Gasteiger partial charge on any atom is 0.287 e. The summed E-state index contributed by atoms with van der Waals surface area (Å²) in [6.45, 7) is 4.20. The Morgan fingerprint density at radius 1 is 1.43 bits per heavy atom. The summed E-state index contributed by atoms with van der Waals surface area (Å²) < 4.78 is 7.87. The Morgan fingerprint density at radius 3 is 2.90 bits per heavy atom. The van der Waals surface area contributed by atoms with Crippen LogP contribution < -0.4 is 5.32 Å². The van der Waals surface area contributed by atoms with E-state index in [9.17, 15) is 4.79 Å². The Morgan fingerprint density at radius 2 is 2.24 bits per heavy atom. The lowest BCUT2D eigenvalue weighted by Gasteiger charge is -2.01. The lowest BCUT2D eigenvalue weighted by molar-refractivity contribution is 0.0920. The van der Waals surface area contributed by atoms with Gasteiger partial charge in [0, 0.05) is 17.5 Å². The zero-order valence-electron chi connectivity index (χ0n) is 11.7. The van der Waals surface area contributed by atoms with E-state index in [0.717, 1.165) is 22.6 Å². The number of carbonyl (C=O) groups is 1. The number of furan rings is 1. The average Bonchev–Trinajstić information content (AvgIpc) is 3.00. The maximum absolute atomic E-state index is 12.1. The maximum atomic E-state index is 12.1. The van der Waals surface area contributed by atoms with Crippen LogP contribution in [-0.4, -0.2) is 15.3 Å². The van der Waals surface area contributed by atoms with Crippen LogP contribution >= 0.6 is 15.9 Å². The van der Waals surface area contributed by atoms with Gasteiger partial charge in [-0.1, -0.05) is 6.07 Å². The van der Waals surface area contributed by atoms with Crippen LogP contribution in [0.25, 0.3) is 5.65 Å². The zero-order valence-corrected chi connectivity index (χ0v) is 13.3. The number of carbonyl (C=O) groups excluding carboxylic acids is 1. The van der Waals surface area contributed by atoms with Gasteiger partial charge in [-0.05, 0) is 48.0 Å². The summed E-state index contributed by atoms with van der Waals surface area (Å²) in [5, 5.41) is 2.82. The number of pyridine rings is 1. The second-order valence-corrected chi connectivity index (χ2v) is 5.65. The molecule has 21 heavy (non-hydrogen) atoms. The van der Waals surface area contributed by atoms with Gasteiger partial charge >= 0.3 is 0 Å². The first kappa shape index (κ1) is 13.9. The summed E-state index contributed by atoms with van der Waals surface area (Å²) in [4.78, 5) is 16.5.